The van der Waals surface area contributed by atoms with Gasteiger partial charge in [0.2, 0.25) is 0 Å². The van der Waals surface area contributed by atoms with E-state index in [-0.39, 0.29) is 5.54 Å². The van der Waals surface area contributed by atoms with E-state index in [1.54, 1.807) is 0 Å². The molecule has 0 spiro atoms. The van der Waals surface area contributed by atoms with Crippen LogP contribution in [0.2, 0.25) is 0 Å². The highest BCUT2D eigenvalue weighted by Gasteiger charge is 2.41. The molecular formula is C19H29NO. The summed E-state index contributed by atoms with van der Waals surface area (Å²) in [6.07, 6.45) is 4.24. The molecule has 0 N–H and O–H groups in total. The summed E-state index contributed by atoms with van der Waals surface area (Å²) in [6, 6.07) is 8.26. The van der Waals surface area contributed by atoms with Crippen LogP contribution >= 0.6 is 0 Å². The average molecular weight is 287 g/mol. The molecule has 0 atom stereocenters. The number of rotatable bonds is 6. The Morgan fingerprint density at radius 3 is 2.05 bits per heavy atom. The van der Waals surface area contributed by atoms with E-state index in [2.05, 4.69) is 44.7 Å². The van der Waals surface area contributed by atoms with Gasteiger partial charge >= 0.3 is 0 Å². The number of Topliss-reactive ketones (excluding diaryl/α,β-unsaturated/α-hetero) is 1. The van der Waals surface area contributed by atoms with E-state index < -0.39 is 0 Å². The van der Waals surface area contributed by atoms with Gasteiger partial charge in [-0.15, -0.1) is 0 Å². The van der Waals surface area contributed by atoms with Crippen molar-refractivity contribution in [3.05, 3.63) is 35.4 Å². The Kier molecular flexibility index (Phi) is 5.21. The monoisotopic (exact) mass is 287 g/mol. The van der Waals surface area contributed by atoms with Crippen molar-refractivity contribution < 1.29 is 4.79 Å². The van der Waals surface area contributed by atoms with Crippen molar-refractivity contribution in [1.82, 2.24) is 4.90 Å². The van der Waals surface area contributed by atoms with E-state index >= 15 is 0 Å². The molecule has 116 valence electrons. The molecule has 0 saturated carbocycles. The van der Waals surface area contributed by atoms with Crippen LogP contribution in [0.15, 0.2) is 24.3 Å². The van der Waals surface area contributed by atoms with E-state index in [0.29, 0.717) is 11.7 Å². The smallest absolute Gasteiger partial charge is 0.183 e. The quantitative estimate of drug-likeness (QED) is 0.710. The van der Waals surface area contributed by atoms with Crippen LogP contribution in [-0.4, -0.2) is 29.3 Å². The van der Waals surface area contributed by atoms with Crippen LogP contribution in [0, 0.1) is 0 Å². The van der Waals surface area contributed by atoms with Gasteiger partial charge in [-0.3, -0.25) is 9.69 Å². The predicted molar refractivity (Wildman–Crippen MR) is 89.0 cm³/mol. The Balaban J connectivity index is 2.29. The Hall–Kier alpha value is -1.15. The Bertz CT molecular complexity index is 465. The van der Waals surface area contributed by atoms with Gasteiger partial charge in [-0.1, -0.05) is 52.0 Å². The number of ketones is 1. The summed E-state index contributed by atoms with van der Waals surface area (Å²) in [5.41, 5.74) is 1.87. The van der Waals surface area contributed by atoms with Crippen molar-refractivity contribution in [3.63, 3.8) is 0 Å². The molecule has 1 aliphatic rings. The molecule has 1 fully saturated rings. The topological polar surface area (TPSA) is 20.3 Å². The third kappa shape index (κ3) is 3.06. The molecule has 1 heterocycles. The molecule has 1 aromatic carbocycles. The lowest BCUT2D eigenvalue weighted by Crippen LogP contribution is -2.52. The molecule has 0 radical (unpaired) electrons. The van der Waals surface area contributed by atoms with Crippen LogP contribution in [-0.2, 0) is 0 Å². The Morgan fingerprint density at radius 2 is 1.62 bits per heavy atom. The maximum absolute atomic E-state index is 13.2. The van der Waals surface area contributed by atoms with Crippen LogP contribution in [0.4, 0.5) is 0 Å². The second-order valence-corrected chi connectivity index (χ2v) is 6.54. The zero-order valence-electron chi connectivity index (χ0n) is 14.0. The Labute approximate surface area is 129 Å². The van der Waals surface area contributed by atoms with E-state index in [9.17, 15) is 4.79 Å². The van der Waals surface area contributed by atoms with Gasteiger partial charge in [0.15, 0.2) is 5.78 Å². The molecule has 21 heavy (non-hydrogen) atoms. The number of carbonyl (C=O) groups excluding carboxylic acids is 1. The molecular weight excluding hydrogens is 258 g/mol. The number of hydrogen-bond acceptors (Lipinski definition) is 2. The largest absolute Gasteiger partial charge is 0.292 e. The fourth-order valence-electron chi connectivity index (χ4n) is 3.60. The fourth-order valence-corrected chi connectivity index (χ4v) is 3.60. The van der Waals surface area contributed by atoms with Crippen molar-refractivity contribution in [2.75, 3.05) is 13.1 Å². The Morgan fingerprint density at radius 1 is 1.10 bits per heavy atom. The van der Waals surface area contributed by atoms with Gasteiger partial charge in [0, 0.05) is 5.56 Å². The first-order valence-corrected chi connectivity index (χ1v) is 8.45. The molecule has 0 aromatic heterocycles. The zero-order chi connectivity index (χ0) is 15.5. The van der Waals surface area contributed by atoms with Crippen LogP contribution < -0.4 is 0 Å². The van der Waals surface area contributed by atoms with Crippen molar-refractivity contribution in [3.8, 4) is 0 Å². The summed E-state index contributed by atoms with van der Waals surface area (Å²) in [5, 5.41) is 0. The van der Waals surface area contributed by atoms with Crippen molar-refractivity contribution >= 4 is 5.78 Å². The molecule has 1 saturated heterocycles. The van der Waals surface area contributed by atoms with Crippen LogP contribution in [0.5, 0.6) is 0 Å². The molecule has 2 nitrogen and oxygen atoms in total. The number of carbonyl (C=O) groups is 1. The molecule has 0 aliphatic carbocycles. The zero-order valence-corrected chi connectivity index (χ0v) is 14.0. The molecule has 1 aromatic rings. The van der Waals surface area contributed by atoms with Crippen LogP contribution in [0.3, 0.4) is 0 Å². The van der Waals surface area contributed by atoms with E-state index in [1.165, 1.54) is 18.4 Å². The van der Waals surface area contributed by atoms with Crippen LogP contribution in [0.25, 0.3) is 0 Å². The maximum Gasteiger partial charge on any atom is 0.183 e. The first-order chi connectivity index (χ1) is 10.0. The lowest BCUT2D eigenvalue weighted by Gasteiger charge is -2.39. The first-order valence-electron chi connectivity index (χ1n) is 8.45. The molecule has 1 aliphatic heterocycles. The lowest BCUT2D eigenvalue weighted by atomic mass is 9.82. The van der Waals surface area contributed by atoms with Gasteiger partial charge < -0.3 is 0 Å². The number of likely N-dealkylation sites (tertiary alicyclic amines) is 1. The number of hydrogen-bond donors (Lipinski definition) is 0. The van der Waals surface area contributed by atoms with E-state index in [0.717, 1.165) is 31.5 Å². The first kappa shape index (κ1) is 16.2. The van der Waals surface area contributed by atoms with E-state index in [4.69, 9.17) is 0 Å². The number of nitrogens with zero attached hydrogens (tertiary/aromatic N) is 1. The van der Waals surface area contributed by atoms with Gasteiger partial charge in [0.1, 0.15) is 0 Å². The van der Waals surface area contributed by atoms with Gasteiger partial charge in [0.25, 0.3) is 0 Å². The maximum atomic E-state index is 13.2. The minimum absolute atomic E-state index is 0.296. The highest BCUT2D eigenvalue weighted by molar-refractivity contribution is 6.03. The number of benzene rings is 1. The van der Waals surface area contributed by atoms with Crippen molar-refractivity contribution in [2.24, 2.45) is 0 Å². The summed E-state index contributed by atoms with van der Waals surface area (Å²) in [4.78, 5) is 15.6. The minimum atomic E-state index is -0.296. The standard InChI is InChI=1S/C19H29NO/c1-5-19(6-2,20-13-7-8-14-20)18(21)17-11-9-16(10-12-17)15(3)4/h9-12,15H,5-8,13-14H2,1-4H3. The second-order valence-electron chi connectivity index (χ2n) is 6.54. The summed E-state index contributed by atoms with van der Waals surface area (Å²) in [6.45, 7) is 10.8. The molecule has 0 amide bonds. The second kappa shape index (κ2) is 6.74. The summed E-state index contributed by atoms with van der Waals surface area (Å²) in [5.74, 6) is 0.819. The third-order valence-corrected chi connectivity index (χ3v) is 5.14. The summed E-state index contributed by atoms with van der Waals surface area (Å²) < 4.78 is 0. The van der Waals surface area contributed by atoms with Gasteiger partial charge in [-0.25, -0.2) is 0 Å². The SMILES string of the molecule is CCC(CC)(C(=O)c1ccc(C(C)C)cc1)N1CCCC1. The lowest BCUT2D eigenvalue weighted by molar-refractivity contribution is 0.0581. The molecule has 2 rings (SSSR count). The highest BCUT2D eigenvalue weighted by Crippen LogP contribution is 2.32. The average Bonchev–Trinajstić information content (AvgIpc) is 3.04. The predicted octanol–water partition coefficient (Wildman–Crippen LogP) is 4.65. The van der Waals surface area contributed by atoms with Gasteiger partial charge in [-0.05, 0) is 50.3 Å². The van der Waals surface area contributed by atoms with Gasteiger partial charge in [-0.2, -0.15) is 0 Å². The minimum Gasteiger partial charge on any atom is -0.292 e. The fraction of sp³-hybridized carbons (Fsp3) is 0.632. The molecule has 0 unspecified atom stereocenters. The van der Waals surface area contributed by atoms with Crippen molar-refractivity contribution in [2.45, 2.75) is 64.8 Å². The van der Waals surface area contributed by atoms with Gasteiger partial charge in [0.05, 0.1) is 5.54 Å². The summed E-state index contributed by atoms with van der Waals surface area (Å²) in [7, 11) is 0. The summed E-state index contributed by atoms with van der Waals surface area (Å²) >= 11 is 0. The highest BCUT2D eigenvalue weighted by atomic mass is 16.1. The molecule has 2 heteroatoms. The third-order valence-electron chi connectivity index (χ3n) is 5.14. The normalized spacial score (nSPS) is 16.6. The molecule has 0 bridgehead atoms. The van der Waals surface area contributed by atoms with E-state index in [1.807, 2.05) is 12.1 Å². The van der Waals surface area contributed by atoms with Crippen molar-refractivity contribution in [1.29, 1.82) is 0 Å². The van der Waals surface area contributed by atoms with Crippen LogP contribution in [0.1, 0.15) is 75.2 Å².